The van der Waals surface area contributed by atoms with E-state index < -0.39 is 10.0 Å². The van der Waals surface area contributed by atoms with Gasteiger partial charge in [0, 0.05) is 62.8 Å². The number of nitrogens with one attached hydrogen (secondary N) is 1. The van der Waals surface area contributed by atoms with Gasteiger partial charge in [0.05, 0.1) is 0 Å². The first-order chi connectivity index (χ1) is 16.0. The van der Waals surface area contributed by atoms with Gasteiger partial charge in [0.15, 0.2) is 0 Å². The summed E-state index contributed by atoms with van der Waals surface area (Å²) in [6.45, 7) is 10.3. The first kappa shape index (κ1) is 24.3. The van der Waals surface area contributed by atoms with E-state index in [0.29, 0.717) is 29.4 Å². The molecule has 2 aliphatic heterocycles. The van der Waals surface area contributed by atoms with Gasteiger partial charge in [0.25, 0.3) is 15.9 Å². The molecule has 1 amide bonds. The fourth-order valence-corrected chi connectivity index (χ4v) is 7.44. The largest absolute Gasteiger partial charge is 0.351 e. The third-order valence-electron chi connectivity index (χ3n) is 6.37. The van der Waals surface area contributed by atoms with Crippen molar-refractivity contribution in [1.82, 2.24) is 19.4 Å². The predicted octanol–water partition coefficient (Wildman–Crippen LogP) is 2.96. The van der Waals surface area contributed by atoms with E-state index in [4.69, 9.17) is 0 Å². The number of rotatable bonds is 9. The van der Waals surface area contributed by atoms with Gasteiger partial charge >= 0.3 is 0 Å². The molecule has 1 aromatic heterocycles. The molecule has 0 spiro atoms. The van der Waals surface area contributed by atoms with Crippen LogP contribution in [0.3, 0.4) is 0 Å². The van der Waals surface area contributed by atoms with Crippen molar-refractivity contribution in [2.24, 2.45) is 0 Å². The van der Waals surface area contributed by atoms with Crippen LogP contribution in [-0.2, 0) is 10.0 Å². The molecule has 0 unspecified atom stereocenters. The fraction of sp³-hybridized carbons (Fsp3) is 0.542. The highest BCUT2D eigenvalue weighted by Crippen LogP contribution is 2.33. The molecule has 3 heterocycles. The molecule has 2 fully saturated rings. The van der Waals surface area contributed by atoms with Crippen molar-refractivity contribution in [2.45, 2.75) is 30.4 Å². The number of carbonyl (C=O) groups is 1. The highest BCUT2D eigenvalue weighted by molar-refractivity contribution is 7.91. The Morgan fingerprint density at radius 1 is 0.970 bits per heavy atom. The molecule has 2 saturated heterocycles. The van der Waals surface area contributed by atoms with Gasteiger partial charge in [-0.15, -0.1) is 11.3 Å². The predicted molar refractivity (Wildman–Crippen MR) is 133 cm³/mol. The van der Waals surface area contributed by atoms with E-state index in [9.17, 15) is 13.2 Å². The number of carbonyl (C=O) groups excluding carboxylic acids is 1. The van der Waals surface area contributed by atoms with Gasteiger partial charge < -0.3 is 10.2 Å². The number of thiophene rings is 1. The molecular formula is C24H34N4O3S2. The Balaban J connectivity index is 1.32. The van der Waals surface area contributed by atoms with Crippen LogP contribution in [0.15, 0.2) is 40.6 Å². The summed E-state index contributed by atoms with van der Waals surface area (Å²) < 4.78 is 27.6. The maximum absolute atomic E-state index is 12.8. The molecule has 0 atom stereocenters. The van der Waals surface area contributed by atoms with Crippen LogP contribution < -0.4 is 5.32 Å². The molecule has 0 radical (unpaired) electrons. The van der Waals surface area contributed by atoms with Crippen LogP contribution in [0.25, 0.3) is 10.4 Å². The summed E-state index contributed by atoms with van der Waals surface area (Å²) in [5, 5.41) is 3.03. The lowest BCUT2D eigenvalue weighted by molar-refractivity contribution is 0.0936. The van der Waals surface area contributed by atoms with E-state index in [-0.39, 0.29) is 5.91 Å². The van der Waals surface area contributed by atoms with E-state index in [1.54, 1.807) is 16.4 Å². The van der Waals surface area contributed by atoms with Gasteiger partial charge in [0.1, 0.15) is 4.21 Å². The van der Waals surface area contributed by atoms with Gasteiger partial charge in [-0.3, -0.25) is 9.69 Å². The lowest BCUT2D eigenvalue weighted by Gasteiger charge is -2.34. The van der Waals surface area contributed by atoms with Crippen LogP contribution in [0, 0.1) is 0 Å². The number of benzene rings is 1. The quantitative estimate of drug-likeness (QED) is 0.585. The Hall–Kier alpha value is -1.78. The normalized spacial score (nSPS) is 18.6. The summed E-state index contributed by atoms with van der Waals surface area (Å²) in [6, 6.07) is 10.9. The zero-order chi connectivity index (χ0) is 23.3. The molecule has 180 valence electrons. The number of hydrogen-bond donors (Lipinski definition) is 1. The second-order valence-corrected chi connectivity index (χ2v) is 12.0. The van der Waals surface area contributed by atoms with Crippen molar-refractivity contribution in [3.05, 3.63) is 42.0 Å². The van der Waals surface area contributed by atoms with Crippen molar-refractivity contribution in [3.63, 3.8) is 0 Å². The minimum absolute atomic E-state index is 0.0945. The monoisotopic (exact) mass is 490 g/mol. The van der Waals surface area contributed by atoms with Crippen LogP contribution in [0.2, 0.25) is 0 Å². The molecule has 33 heavy (non-hydrogen) atoms. The SMILES string of the molecule is CCCN1CCN(CCNC(=O)c2cccc(-c3ccc(S(=O)(=O)N4CCCC4)s3)c2)CC1. The third-order valence-corrected chi connectivity index (χ3v) is 9.87. The second-order valence-electron chi connectivity index (χ2n) is 8.75. The van der Waals surface area contributed by atoms with E-state index in [1.807, 2.05) is 24.3 Å². The first-order valence-electron chi connectivity index (χ1n) is 11.9. The average Bonchev–Trinajstić information content (AvgIpc) is 3.54. The minimum atomic E-state index is -3.42. The molecular weight excluding hydrogens is 456 g/mol. The molecule has 0 bridgehead atoms. The summed E-state index contributed by atoms with van der Waals surface area (Å²) in [5.74, 6) is -0.0945. The molecule has 1 aromatic carbocycles. The topological polar surface area (TPSA) is 73.0 Å². The van der Waals surface area contributed by atoms with Crippen LogP contribution in [0.5, 0.6) is 0 Å². The molecule has 9 heteroatoms. The third kappa shape index (κ3) is 6.02. The van der Waals surface area contributed by atoms with Gasteiger partial charge in [-0.05, 0) is 55.6 Å². The Morgan fingerprint density at radius 3 is 2.36 bits per heavy atom. The zero-order valence-electron chi connectivity index (χ0n) is 19.3. The molecule has 4 rings (SSSR count). The molecule has 2 aromatic rings. The first-order valence-corrected chi connectivity index (χ1v) is 14.2. The highest BCUT2D eigenvalue weighted by Gasteiger charge is 2.28. The van der Waals surface area contributed by atoms with Crippen LogP contribution in [-0.4, -0.2) is 87.3 Å². The van der Waals surface area contributed by atoms with Crippen molar-refractivity contribution in [1.29, 1.82) is 0 Å². The van der Waals surface area contributed by atoms with Crippen molar-refractivity contribution in [2.75, 3.05) is 58.9 Å². The maximum Gasteiger partial charge on any atom is 0.252 e. The Morgan fingerprint density at radius 2 is 1.67 bits per heavy atom. The van der Waals surface area contributed by atoms with Gasteiger partial charge in [-0.2, -0.15) is 4.31 Å². The van der Waals surface area contributed by atoms with Crippen LogP contribution >= 0.6 is 11.3 Å². The smallest absolute Gasteiger partial charge is 0.252 e. The number of piperazine rings is 1. The Bertz CT molecular complexity index is 1040. The average molecular weight is 491 g/mol. The van der Waals surface area contributed by atoms with E-state index in [2.05, 4.69) is 22.0 Å². The number of sulfonamides is 1. The van der Waals surface area contributed by atoms with Gasteiger partial charge in [-0.25, -0.2) is 8.42 Å². The number of amides is 1. The standard InChI is InChI=1S/C24H34N4O3S2/c1-2-11-26-15-17-27(18-16-26)14-10-25-24(29)21-7-5-6-20(19-21)22-8-9-23(32-22)33(30,31)28-12-3-4-13-28/h5-9,19H,2-4,10-18H2,1H3,(H,25,29). The van der Waals surface area contributed by atoms with Crippen molar-refractivity contribution >= 4 is 27.3 Å². The van der Waals surface area contributed by atoms with E-state index >= 15 is 0 Å². The van der Waals surface area contributed by atoms with E-state index in [1.165, 1.54) is 17.8 Å². The summed E-state index contributed by atoms with van der Waals surface area (Å²) in [7, 11) is -3.42. The lowest BCUT2D eigenvalue weighted by atomic mass is 10.1. The zero-order valence-corrected chi connectivity index (χ0v) is 21.0. The van der Waals surface area contributed by atoms with Gasteiger partial charge in [-0.1, -0.05) is 19.1 Å². The van der Waals surface area contributed by atoms with Crippen molar-refractivity contribution in [3.8, 4) is 10.4 Å². The fourth-order valence-electron chi connectivity index (χ4n) is 4.47. The van der Waals surface area contributed by atoms with Gasteiger partial charge in [0.2, 0.25) is 0 Å². The Kier molecular flexibility index (Phi) is 8.19. The molecule has 7 nitrogen and oxygen atoms in total. The molecule has 0 aliphatic carbocycles. The maximum atomic E-state index is 12.8. The molecule has 0 saturated carbocycles. The summed E-state index contributed by atoms with van der Waals surface area (Å²) >= 11 is 1.27. The number of hydrogen-bond acceptors (Lipinski definition) is 6. The lowest BCUT2D eigenvalue weighted by Crippen LogP contribution is -2.48. The second kappa shape index (κ2) is 11.1. The highest BCUT2D eigenvalue weighted by atomic mass is 32.2. The number of nitrogens with zero attached hydrogens (tertiary/aromatic N) is 3. The minimum Gasteiger partial charge on any atom is -0.351 e. The van der Waals surface area contributed by atoms with E-state index in [0.717, 1.165) is 62.6 Å². The summed E-state index contributed by atoms with van der Waals surface area (Å²) in [6.07, 6.45) is 3.03. The van der Waals surface area contributed by atoms with Crippen LogP contribution in [0.4, 0.5) is 0 Å². The summed E-state index contributed by atoms with van der Waals surface area (Å²) in [4.78, 5) is 18.5. The summed E-state index contributed by atoms with van der Waals surface area (Å²) in [5.41, 5.74) is 1.46. The molecule has 1 N–H and O–H groups in total. The van der Waals surface area contributed by atoms with Crippen LogP contribution in [0.1, 0.15) is 36.5 Å². The van der Waals surface area contributed by atoms with Crippen molar-refractivity contribution < 1.29 is 13.2 Å². The Labute approximate surface area is 201 Å². The molecule has 2 aliphatic rings.